The Labute approximate surface area is 197 Å². The fourth-order valence-electron chi connectivity index (χ4n) is 3.17. The number of nitrogens with two attached hydrogens (primary N) is 1. The van der Waals surface area contributed by atoms with Crippen LogP contribution in [0.1, 0.15) is 31.4 Å². The molecular weight excluding hydrogens is 502 g/mol. The Bertz CT molecular complexity index is 1430. The molecule has 13 heteroatoms. The predicted molar refractivity (Wildman–Crippen MR) is 120 cm³/mol. The molecule has 0 aliphatic rings. The van der Waals surface area contributed by atoms with Crippen LogP contribution in [0.5, 0.6) is 0 Å². The zero-order valence-electron chi connectivity index (χ0n) is 16.5. The SMILES string of the molecule is Cc1cc(C(F)(F)F)nc2sc(C(N)=O)c(NC(=O)c3cc(-c4ccc(Cl)cc4Cl)n[nH]3)c12. The molecule has 7 nitrogen and oxygen atoms in total. The van der Waals surface area contributed by atoms with Crippen LogP contribution in [0.25, 0.3) is 21.5 Å². The van der Waals surface area contributed by atoms with Crippen LogP contribution in [0, 0.1) is 6.92 Å². The van der Waals surface area contributed by atoms with Crippen molar-refractivity contribution in [3.8, 4) is 11.3 Å². The maximum atomic E-state index is 13.1. The summed E-state index contributed by atoms with van der Waals surface area (Å²) in [5, 5.41) is 10.1. The van der Waals surface area contributed by atoms with Crippen molar-refractivity contribution in [2.45, 2.75) is 13.1 Å². The number of hydrogen-bond donors (Lipinski definition) is 3. The van der Waals surface area contributed by atoms with Crippen molar-refractivity contribution >= 4 is 62.3 Å². The third kappa shape index (κ3) is 4.39. The monoisotopic (exact) mass is 513 g/mol. The minimum absolute atomic E-state index is 0.0170. The van der Waals surface area contributed by atoms with Crippen LogP contribution >= 0.6 is 34.5 Å². The third-order valence-electron chi connectivity index (χ3n) is 4.64. The average Bonchev–Trinajstić information content (AvgIpc) is 3.33. The average molecular weight is 514 g/mol. The second-order valence-electron chi connectivity index (χ2n) is 6.92. The molecule has 0 atom stereocenters. The van der Waals surface area contributed by atoms with Gasteiger partial charge in [-0.25, -0.2) is 4.98 Å². The second kappa shape index (κ2) is 8.32. The van der Waals surface area contributed by atoms with E-state index in [1.165, 1.54) is 19.1 Å². The van der Waals surface area contributed by atoms with Crippen molar-refractivity contribution < 1.29 is 22.8 Å². The molecule has 0 fully saturated rings. The number of aromatic nitrogens is 3. The van der Waals surface area contributed by atoms with Gasteiger partial charge in [0.1, 0.15) is 21.1 Å². The molecule has 0 radical (unpaired) electrons. The predicted octanol–water partition coefficient (Wildman–Crippen LogP) is 5.67. The van der Waals surface area contributed by atoms with Gasteiger partial charge >= 0.3 is 6.18 Å². The Hall–Kier alpha value is -3.15. The largest absolute Gasteiger partial charge is 0.433 e. The molecule has 0 aliphatic heterocycles. The smallest absolute Gasteiger partial charge is 0.365 e. The zero-order chi connectivity index (χ0) is 24.1. The van der Waals surface area contributed by atoms with Gasteiger partial charge in [0.25, 0.3) is 11.8 Å². The number of aromatic amines is 1. The number of halogens is 5. The Kier molecular flexibility index (Phi) is 5.81. The maximum Gasteiger partial charge on any atom is 0.433 e. The van der Waals surface area contributed by atoms with Gasteiger partial charge in [-0.2, -0.15) is 18.3 Å². The fourth-order valence-corrected chi connectivity index (χ4v) is 4.74. The van der Waals surface area contributed by atoms with E-state index in [4.69, 9.17) is 28.9 Å². The van der Waals surface area contributed by atoms with E-state index in [9.17, 15) is 22.8 Å². The van der Waals surface area contributed by atoms with Gasteiger partial charge in [0, 0.05) is 16.0 Å². The highest BCUT2D eigenvalue weighted by atomic mass is 35.5. The highest BCUT2D eigenvalue weighted by Crippen LogP contribution is 2.40. The van der Waals surface area contributed by atoms with Gasteiger partial charge in [-0.3, -0.25) is 14.7 Å². The van der Waals surface area contributed by atoms with E-state index >= 15 is 0 Å². The number of aryl methyl sites for hydroxylation is 1. The molecule has 1 aromatic carbocycles. The van der Waals surface area contributed by atoms with Gasteiger partial charge in [-0.15, -0.1) is 11.3 Å². The molecule has 170 valence electrons. The summed E-state index contributed by atoms with van der Waals surface area (Å²) in [6, 6.07) is 7.03. The summed E-state index contributed by atoms with van der Waals surface area (Å²) in [5.41, 5.74) is 5.34. The van der Waals surface area contributed by atoms with Crippen LogP contribution in [0.2, 0.25) is 10.0 Å². The quantitative estimate of drug-likeness (QED) is 0.326. The van der Waals surface area contributed by atoms with Crippen molar-refractivity contribution in [3.63, 3.8) is 0 Å². The molecule has 4 N–H and O–H groups in total. The number of carbonyl (C=O) groups is 2. The van der Waals surface area contributed by atoms with Crippen molar-refractivity contribution in [1.29, 1.82) is 0 Å². The van der Waals surface area contributed by atoms with E-state index < -0.39 is 23.7 Å². The van der Waals surface area contributed by atoms with Crippen molar-refractivity contribution in [3.05, 3.63) is 62.2 Å². The molecule has 0 unspecified atom stereocenters. The molecule has 0 aliphatic carbocycles. The molecule has 0 saturated heterocycles. The molecule has 3 heterocycles. The van der Waals surface area contributed by atoms with Gasteiger partial charge in [-0.1, -0.05) is 23.2 Å². The number of nitrogens with one attached hydrogen (secondary N) is 2. The van der Waals surface area contributed by atoms with E-state index in [1.54, 1.807) is 12.1 Å². The standard InChI is InChI=1S/C20H12Cl2F3N5O2S/c1-7-4-13(20(23,24)25)27-19-14(7)15(16(33-19)17(26)31)28-18(32)12-6-11(29-30-12)9-3-2-8(21)5-10(9)22/h2-6H,1H3,(H2,26,31)(H,28,32)(H,29,30). The van der Waals surface area contributed by atoms with Crippen LogP contribution in [0.3, 0.4) is 0 Å². The van der Waals surface area contributed by atoms with Gasteiger partial charge in [0.2, 0.25) is 0 Å². The van der Waals surface area contributed by atoms with Gasteiger partial charge in [0.05, 0.1) is 16.4 Å². The van der Waals surface area contributed by atoms with Gasteiger partial charge < -0.3 is 11.1 Å². The topological polar surface area (TPSA) is 114 Å². The molecule has 0 spiro atoms. The van der Waals surface area contributed by atoms with Crippen LogP contribution in [-0.4, -0.2) is 27.0 Å². The number of nitrogens with zero attached hydrogens (tertiary/aromatic N) is 2. The molecule has 0 saturated carbocycles. The lowest BCUT2D eigenvalue weighted by Crippen LogP contribution is -2.17. The number of amides is 2. The third-order valence-corrected chi connectivity index (χ3v) is 6.29. The number of H-pyrrole nitrogens is 1. The summed E-state index contributed by atoms with van der Waals surface area (Å²) in [7, 11) is 0. The van der Waals surface area contributed by atoms with Crippen LogP contribution < -0.4 is 11.1 Å². The molecule has 3 aromatic heterocycles. The minimum Gasteiger partial charge on any atom is -0.365 e. The number of pyridine rings is 1. The minimum atomic E-state index is -4.67. The Morgan fingerprint density at radius 2 is 1.91 bits per heavy atom. The number of thiophene rings is 1. The summed E-state index contributed by atoms with van der Waals surface area (Å²) in [6.07, 6.45) is -4.67. The lowest BCUT2D eigenvalue weighted by atomic mass is 10.1. The molecule has 0 bridgehead atoms. The van der Waals surface area contributed by atoms with Crippen molar-refractivity contribution in [1.82, 2.24) is 15.2 Å². The zero-order valence-corrected chi connectivity index (χ0v) is 18.8. The number of benzene rings is 1. The summed E-state index contributed by atoms with van der Waals surface area (Å²) < 4.78 is 39.4. The van der Waals surface area contributed by atoms with E-state index in [-0.39, 0.29) is 32.0 Å². The Morgan fingerprint density at radius 3 is 2.55 bits per heavy atom. The van der Waals surface area contributed by atoms with Gasteiger partial charge in [0.15, 0.2) is 0 Å². The number of carbonyl (C=O) groups excluding carboxylic acids is 2. The van der Waals surface area contributed by atoms with Crippen LogP contribution in [0.15, 0.2) is 30.3 Å². The molecule has 4 aromatic rings. The maximum absolute atomic E-state index is 13.1. The number of alkyl halides is 3. The lowest BCUT2D eigenvalue weighted by Gasteiger charge is -2.09. The summed E-state index contributed by atoms with van der Waals surface area (Å²) >= 11 is 12.7. The first-order chi connectivity index (χ1) is 15.5. The van der Waals surface area contributed by atoms with Crippen LogP contribution in [-0.2, 0) is 6.18 Å². The van der Waals surface area contributed by atoms with Crippen molar-refractivity contribution in [2.24, 2.45) is 5.73 Å². The lowest BCUT2D eigenvalue weighted by molar-refractivity contribution is -0.141. The molecule has 2 amide bonds. The highest BCUT2D eigenvalue weighted by Gasteiger charge is 2.34. The Balaban J connectivity index is 1.73. The molecular formula is C20H12Cl2F3N5O2S. The first kappa shape index (κ1) is 23.0. The van der Waals surface area contributed by atoms with E-state index in [1.807, 2.05) is 0 Å². The molecule has 4 rings (SSSR count). The second-order valence-corrected chi connectivity index (χ2v) is 8.76. The van der Waals surface area contributed by atoms with Crippen molar-refractivity contribution in [2.75, 3.05) is 5.32 Å². The number of anilines is 1. The number of rotatable bonds is 4. The Morgan fingerprint density at radius 1 is 1.18 bits per heavy atom. The first-order valence-corrected chi connectivity index (χ1v) is 10.7. The normalized spacial score (nSPS) is 11.7. The fraction of sp³-hybridized carbons (Fsp3) is 0.100. The summed E-state index contributed by atoms with van der Waals surface area (Å²) in [6.45, 7) is 1.42. The number of primary amides is 1. The van der Waals surface area contributed by atoms with E-state index in [0.717, 1.165) is 6.07 Å². The van der Waals surface area contributed by atoms with E-state index in [2.05, 4.69) is 20.5 Å². The summed E-state index contributed by atoms with van der Waals surface area (Å²) in [5.74, 6) is -1.61. The number of fused-ring (bicyclic) bond motifs is 1. The summed E-state index contributed by atoms with van der Waals surface area (Å²) in [4.78, 5) is 28.2. The number of hydrogen-bond acceptors (Lipinski definition) is 5. The first-order valence-electron chi connectivity index (χ1n) is 9.09. The molecule has 33 heavy (non-hydrogen) atoms. The van der Waals surface area contributed by atoms with Gasteiger partial charge in [-0.05, 0) is 42.8 Å². The van der Waals surface area contributed by atoms with E-state index in [0.29, 0.717) is 32.6 Å². The highest BCUT2D eigenvalue weighted by molar-refractivity contribution is 7.21. The van der Waals surface area contributed by atoms with Crippen LogP contribution in [0.4, 0.5) is 18.9 Å².